The van der Waals surface area contributed by atoms with E-state index in [0.29, 0.717) is 11.8 Å². The molecule has 3 heteroatoms. The van der Waals surface area contributed by atoms with Crippen LogP contribution in [-0.4, -0.2) is 5.88 Å². The Hall–Kier alpha value is -0.310. The van der Waals surface area contributed by atoms with Crippen molar-refractivity contribution in [2.24, 2.45) is 0 Å². The van der Waals surface area contributed by atoms with Gasteiger partial charge in [0.05, 0.1) is 3.79 Å². The molecule has 0 aliphatic rings. The normalized spacial score (nSPS) is 12.6. The van der Waals surface area contributed by atoms with Crippen LogP contribution >= 0.6 is 38.9 Å². The molecule has 0 saturated heterocycles. The maximum Gasteiger partial charge on any atom is 0.0701 e. The Morgan fingerprint density at radius 2 is 2.12 bits per heavy atom. The number of halogens is 2. The topological polar surface area (TPSA) is 0 Å². The van der Waals surface area contributed by atoms with Gasteiger partial charge in [0.15, 0.2) is 0 Å². The first-order valence-corrected chi connectivity index (χ1v) is 7.70. The summed E-state index contributed by atoms with van der Waals surface area (Å²) in [6, 6.07) is 12.9. The molecule has 0 fully saturated rings. The van der Waals surface area contributed by atoms with Crippen LogP contribution in [0.1, 0.15) is 21.9 Å². The number of thiophene rings is 1. The zero-order chi connectivity index (χ0) is 12.3. The van der Waals surface area contributed by atoms with Crippen molar-refractivity contribution in [3.63, 3.8) is 0 Å². The van der Waals surface area contributed by atoms with E-state index in [1.54, 1.807) is 11.3 Å². The van der Waals surface area contributed by atoms with Crippen molar-refractivity contribution < 1.29 is 0 Å². The molecule has 0 aliphatic carbocycles. The predicted octanol–water partition coefficient (Wildman–Crippen LogP) is 5.38. The van der Waals surface area contributed by atoms with Crippen LogP contribution < -0.4 is 0 Å². The van der Waals surface area contributed by atoms with Crippen LogP contribution in [0.2, 0.25) is 0 Å². The van der Waals surface area contributed by atoms with Gasteiger partial charge in [0.1, 0.15) is 0 Å². The largest absolute Gasteiger partial charge is 0.133 e. The quantitative estimate of drug-likeness (QED) is 0.660. The minimum Gasteiger partial charge on any atom is -0.133 e. The highest BCUT2D eigenvalue weighted by molar-refractivity contribution is 9.11. The van der Waals surface area contributed by atoms with Crippen molar-refractivity contribution in [2.75, 3.05) is 5.88 Å². The lowest BCUT2D eigenvalue weighted by molar-refractivity contribution is 0.775. The summed E-state index contributed by atoms with van der Waals surface area (Å²) in [6.45, 7) is 2.12. The monoisotopic (exact) mass is 328 g/mol. The van der Waals surface area contributed by atoms with Gasteiger partial charge in [0.2, 0.25) is 0 Å². The smallest absolute Gasteiger partial charge is 0.0701 e. The Labute approximate surface area is 120 Å². The van der Waals surface area contributed by atoms with Gasteiger partial charge in [-0.3, -0.25) is 0 Å². The van der Waals surface area contributed by atoms with Crippen molar-refractivity contribution in [1.82, 2.24) is 0 Å². The molecule has 0 nitrogen and oxygen atoms in total. The summed E-state index contributed by atoms with van der Waals surface area (Å²) in [6.07, 6.45) is 1.02. The third kappa shape index (κ3) is 3.57. The number of alkyl halides is 1. The molecule has 1 aromatic heterocycles. The highest BCUT2D eigenvalue weighted by Gasteiger charge is 2.12. The predicted molar refractivity (Wildman–Crippen MR) is 80.4 cm³/mol. The molecule has 0 saturated carbocycles. The molecule has 0 amide bonds. The fourth-order valence-corrected chi connectivity index (χ4v) is 3.74. The molecule has 0 N–H and O–H groups in total. The van der Waals surface area contributed by atoms with Gasteiger partial charge in [0, 0.05) is 16.7 Å². The van der Waals surface area contributed by atoms with E-state index in [4.69, 9.17) is 11.6 Å². The summed E-state index contributed by atoms with van der Waals surface area (Å²) in [5, 5.41) is 0. The second-order valence-electron chi connectivity index (χ2n) is 4.18. The van der Waals surface area contributed by atoms with Crippen LogP contribution in [0.3, 0.4) is 0 Å². The van der Waals surface area contributed by atoms with E-state index < -0.39 is 0 Å². The summed E-state index contributed by atoms with van der Waals surface area (Å²) >= 11 is 11.4. The molecule has 1 aromatic carbocycles. The molecule has 0 bridgehead atoms. The first kappa shape index (κ1) is 13.1. The van der Waals surface area contributed by atoms with Gasteiger partial charge in [-0.05, 0) is 47.0 Å². The number of rotatable bonds is 4. The molecule has 0 radical (unpaired) electrons. The van der Waals surface area contributed by atoms with Crippen molar-refractivity contribution in [3.8, 4) is 0 Å². The lowest BCUT2D eigenvalue weighted by atomic mass is 9.95. The lowest BCUT2D eigenvalue weighted by Crippen LogP contribution is -2.03. The minimum absolute atomic E-state index is 0.405. The molecule has 1 unspecified atom stereocenters. The van der Waals surface area contributed by atoms with Gasteiger partial charge in [-0.1, -0.05) is 29.8 Å². The van der Waals surface area contributed by atoms with E-state index in [1.165, 1.54) is 19.8 Å². The van der Waals surface area contributed by atoms with E-state index in [1.807, 2.05) is 0 Å². The molecule has 2 rings (SSSR count). The number of hydrogen-bond acceptors (Lipinski definition) is 1. The molecule has 1 atom stereocenters. The van der Waals surface area contributed by atoms with Gasteiger partial charge in [-0.15, -0.1) is 22.9 Å². The number of hydrogen-bond donors (Lipinski definition) is 0. The molecule has 17 heavy (non-hydrogen) atoms. The average Bonchev–Trinajstić information content (AvgIpc) is 2.72. The van der Waals surface area contributed by atoms with E-state index in [0.717, 1.165) is 6.42 Å². The summed E-state index contributed by atoms with van der Waals surface area (Å²) in [5.41, 5.74) is 2.63. The maximum atomic E-state index is 6.10. The van der Waals surface area contributed by atoms with Gasteiger partial charge in [0.25, 0.3) is 0 Å². The third-order valence-electron chi connectivity index (χ3n) is 2.78. The zero-order valence-corrected chi connectivity index (χ0v) is 12.8. The second kappa shape index (κ2) is 6.03. The number of aryl methyl sites for hydroxylation is 1. The molecule has 90 valence electrons. The first-order chi connectivity index (χ1) is 8.19. The van der Waals surface area contributed by atoms with E-state index >= 15 is 0 Å². The van der Waals surface area contributed by atoms with Crippen LogP contribution in [-0.2, 0) is 6.42 Å². The van der Waals surface area contributed by atoms with Crippen LogP contribution in [0.5, 0.6) is 0 Å². The van der Waals surface area contributed by atoms with Crippen LogP contribution in [0.4, 0.5) is 0 Å². The summed E-state index contributed by atoms with van der Waals surface area (Å²) in [4.78, 5) is 1.38. The third-order valence-corrected chi connectivity index (χ3v) is 4.79. The Morgan fingerprint density at radius 1 is 1.29 bits per heavy atom. The highest BCUT2D eigenvalue weighted by Crippen LogP contribution is 2.29. The van der Waals surface area contributed by atoms with E-state index in [9.17, 15) is 0 Å². The van der Waals surface area contributed by atoms with Crippen LogP contribution in [0.25, 0.3) is 0 Å². The highest BCUT2D eigenvalue weighted by atomic mass is 79.9. The first-order valence-electron chi connectivity index (χ1n) is 5.56. The summed E-state index contributed by atoms with van der Waals surface area (Å²) in [5.74, 6) is 1.07. The summed E-state index contributed by atoms with van der Waals surface area (Å²) < 4.78 is 1.19. The SMILES string of the molecule is Cc1cccc(C(CCl)Cc2ccc(Br)s2)c1. The van der Waals surface area contributed by atoms with Crippen LogP contribution in [0.15, 0.2) is 40.2 Å². The maximum absolute atomic E-state index is 6.10. The molecule has 0 spiro atoms. The Bertz CT molecular complexity index is 492. The van der Waals surface area contributed by atoms with E-state index in [2.05, 4.69) is 59.3 Å². The molecule has 0 aliphatic heterocycles. The van der Waals surface area contributed by atoms with Crippen molar-refractivity contribution in [3.05, 3.63) is 56.2 Å². The van der Waals surface area contributed by atoms with Gasteiger partial charge < -0.3 is 0 Å². The molecule has 1 heterocycles. The minimum atomic E-state index is 0.405. The fraction of sp³-hybridized carbons (Fsp3) is 0.286. The molecular weight excluding hydrogens is 316 g/mol. The Morgan fingerprint density at radius 3 is 2.71 bits per heavy atom. The lowest BCUT2D eigenvalue weighted by Gasteiger charge is -2.13. The van der Waals surface area contributed by atoms with Gasteiger partial charge in [-0.25, -0.2) is 0 Å². The Balaban J connectivity index is 2.16. The van der Waals surface area contributed by atoms with Gasteiger partial charge >= 0.3 is 0 Å². The van der Waals surface area contributed by atoms with E-state index in [-0.39, 0.29) is 0 Å². The van der Waals surface area contributed by atoms with Crippen LogP contribution in [0, 0.1) is 6.92 Å². The van der Waals surface area contributed by atoms with Gasteiger partial charge in [-0.2, -0.15) is 0 Å². The zero-order valence-electron chi connectivity index (χ0n) is 9.62. The second-order valence-corrected chi connectivity index (χ2v) is 7.03. The molecular formula is C14H14BrClS. The molecule has 2 aromatic rings. The number of benzene rings is 1. The fourth-order valence-electron chi connectivity index (χ4n) is 1.89. The standard InChI is InChI=1S/C14H14BrClS/c1-10-3-2-4-11(7-10)12(9-16)8-13-5-6-14(15)17-13/h2-7,12H,8-9H2,1H3. The average molecular weight is 330 g/mol. The van der Waals surface area contributed by atoms with Crippen molar-refractivity contribution in [1.29, 1.82) is 0 Å². The Kier molecular flexibility index (Phi) is 4.66. The summed E-state index contributed by atoms with van der Waals surface area (Å²) in [7, 11) is 0. The van der Waals surface area contributed by atoms with Crippen molar-refractivity contribution >= 4 is 38.9 Å². The van der Waals surface area contributed by atoms with Crippen molar-refractivity contribution in [2.45, 2.75) is 19.3 Å².